The van der Waals surface area contributed by atoms with Crippen molar-refractivity contribution in [1.29, 1.82) is 0 Å². The lowest BCUT2D eigenvalue weighted by molar-refractivity contribution is -0.126. The van der Waals surface area contributed by atoms with Crippen molar-refractivity contribution >= 4 is 52.8 Å². The number of rotatable bonds is 6. The predicted octanol–water partition coefficient (Wildman–Crippen LogP) is 1.59. The monoisotopic (exact) mass is 476 g/mol. The smallest absolute Gasteiger partial charge is 0.281 e. The lowest BCUT2D eigenvalue weighted by Gasteiger charge is -2.13. The van der Waals surface area contributed by atoms with Gasteiger partial charge in [0.2, 0.25) is 23.0 Å². The minimum absolute atomic E-state index is 0.00763. The summed E-state index contributed by atoms with van der Waals surface area (Å²) in [6.07, 6.45) is 2.80. The van der Waals surface area contributed by atoms with Crippen LogP contribution in [0.4, 0.5) is 17.8 Å². The summed E-state index contributed by atoms with van der Waals surface area (Å²) in [5.74, 6) is 0.0457. The molecule has 34 heavy (non-hydrogen) atoms. The van der Waals surface area contributed by atoms with Gasteiger partial charge in [0.25, 0.3) is 11.8 Å². The number of imide groups is 1. The van der Waals surface area contributed by atoms with Crippen LogP contribution in [-0.2, 0) is 11.3 Å². The Kier molecular flexibility index (Phi) is 6.93. The van der Waals surface area contributed by atoms with Gasteiger partial charge in [0.15, 0.2) is 0 Å². The number of nitrogens with zero attached hydrogens (tertiary/aromatic N) is 6. The lowest BCUT2D eigenvalue weighted by Crippen LogP contribution is -2.41. The summed E-state index contributed by atoms with van der Waals surface area (Å²) < 4.78 is 0. The van der Waals surface area contributed by atoms with E-state index in [0.29, 0.717) is 18.4 Å². The van der Waals surface area contributed by atoms with Crippen molar-refractivity contribution in [2.24, 2.45) is 4.99 Å². The van der Waals surface area contributed by atoms with Crippen molar-refractivity contribution in [3.8, 4) is 0 Å². The molecule has 0 aliphatic carbocycles. The van der Waals surface area contributed by atoms with Gasteiger partial charge in [-0.1, -0.05) is 30.3 Å². The number of aromatic nitrogens is 4. The fourth-order valence-electron chi connectivity index (χ4n) is 2.95. The maximum absolute atomic E-state index is 12.5. The number of amidine groups is 1. The second kappa shape index (κ2) is 10.4. The van der Waals surface area contributed by atoms with Crippen LogP contribution in [0.5, 0.6) is 0 Å². The third-order valence-electron chi connectivity index (χ3n) is 4.53. The molecule has 13 heteroatoms. The number of thiocarbonyl (C=S) groups is 1. The van der Waals surface area contributed by atoms with Crippen LogP contribution in [0, 0.1) is 0 Å². The standard InChI is InChI=1S/C21H20N10O2S/c1-22-18-26-19(24-11-13-6-3-2-4-7-13)28-20(27-18)29-21(34)25-15-10-16(32)31(30-15)17(33)14-8-5-9-23-12-14/h2-9,12H,10-11H2,1H3,(H4,22,24,25,26,27,28,29,30,34). The molecule has 4 rings (SSSR count). The molecular weight excluding hydrogens is 456 g/mol. The molecule has 1 aromatic carbocycles. The number of amides is 2. The number of hydrogen-bond acceptors (Lipinski definition) is 9. The normalized spacial score (nSPS) is 14.0. The van der Waals surface area contributed by atoms with Crippen molar-refractivity contribution in [3.63, 3.8) is 0 Å². The number of hydrazine groups is 1. The van der Waals surface area contributed by atoms with Crippen LogP contribution >= 0.6 is 12.2 Å². The van der Waals surface area contributed by atoms with E-state index in [1.165, 1.54) is 12.4 Å². The van der Waals surface area contributed by atoms with E-state index in [9.17, 15) is 9.59 Å². The van der Waals surface area contributed by atoms with Crippen molar-refractivity contribution in [2.75, 3.05) is 23.0 Å². The van der Waals surface area contributed by atoms with E-state index in [4.69, 9.17) is 12.2 Å². The number of aliphatic imine (C=N–C) groups is 1. The van der Waals surface area contributed by atoms with Gasteiger partial charge in [-0.2, -0.15) is 20.0 Å². The molecule has 2 amide bonds. The van der Waals surface area contributed by atoms with E-state index in [-0.39, 0.29) is 28.9 Å². The Morgan fingerprint density at radius 1 is 1.12 bits per heavy atom. The zero-order valence-electron chi connectivity index (χ0n) is 18.0. The van der Waals surface area contributed by atoms with Gasteiger partial charge in [-0.15, -0.1) is 0 Å². The van der Waals surface area contributed by atoms with Gasteiger partial charge in [0.05, 0.1) is 12.0 Å². The van der Waals surface area contributed by atoms with Crippen LogP contribution in [0.15, 0.2) is 59.9 Å². The average Bonchev–Trinajstić information content (AvgIpc) is 3.22. The second-order valence-corrected chi connectivity index (χ2v) is 7.34. The number of nitrogens with one attached hydrogen (secondary N) is 4. The van der Waals surface area contributed by atoms with E-state index >= 15 is 0 Å². The van der Waals surface area contributed by atoms with E-state index < -0.39 is 11.8 Å². The topological polar surface area (TPSA) is 149 Å². The fraction of sp³-hybridized carbons (Fsp3) is 0.143. The first kappa shape index (κ1) is 22.7. The highest BCUT2D eigenvalue weighted by atomic mass is 32.1. The van der Waals surface area contributed by atoms with Gasteiger partial charge in [-0.3, -0.25) is 25.3 Å². The van der Waals surface area contributed by atoms with Gasteiger partial charge >= 0.3 is 0 Å². The minimum Gasteiger partial charge on any atom is -0.357 e. The molecule has 1 aliphatic heterocycles. The summed E-state index contributed by atoms with van der Waals surface area (Å²) in [7, 11) is 1.68. The van der Waals surface area contributed by atoms with Crippen molar-refractivity contribution in [3.05, 3.63) is 66.0 Å². The Labute approximate surface area is 199 Å². The number of benzene rings is 1. The molecule has 0 radical (unpaired) electrons. The molecule has 172 valence electrons. The Bertz CT molecular complexity index is 1240. The molecular formula is C21H20N10O2S. The Balaban J connectivity index is 1.42. The fourth-order valence-corrected chi connectivity index (χ4v) is 3.15. The van der Waals surface area contributed by atoms with E-state index in [1.807, 2.05) is 30.3 Å². The summed E-state index contributed by atoms with van der Waals surface area (Å²) in [6.45, 7) is 0.521. The average molecular weight is 477 g/mol. The van der Waals surface area contributed by atoms with Crippen LogP contribution in [-0.4, -0.2) is 54.8 Å². The number of anilines is 3. The van der Waals surface area contributed by atoms with Crippen molar-refractivity contribution in [2.45, 2.75) is 13.0 Å². The molecule has 0 bridgehead atoms. The Morgan fingerprint density at radius 2 is 1.88 bits per heavy atom. The lowest BCUT2D eigenvalue weighted by atomic mass is 10.2. The SMILES string of the molecule is CNc1nc(NCc2ccccc2)nc(NC(=S)/N=C2\CC(=O)N(C(=O)c3cccnc3)N2)n1. The molecule has 0 atom stereocenters. The van der Waals surface area contributed by atoms with Gasteiger partial charge in [-0.25, -0.2) is 4.99 Å². The molecule has 2 aromatic heterocycles. The van der Waals surface area contributed by atoms with Crippen LogP contribution in [0.25, 0.3) is 0 Å². The summed E-state index contributed by atoms with van der Waals surface area (Å²) >= 11 is 5.27. The maximum Gasteiger partial charge on any atom is 0.281 e. The van der Waals surface area contributed by atoms with Crippen molar-refractivity contribution in [1.82, 2.24) is 30.4 Å². The second-order valence-electron chi connectivity index (χ2n) is 6.95. The van der Waals surface area contributed by atoms with Crippen LogP contribution < -0.4 is 21.4 Å². The summed E-state index contributed by atoms with van der Waals surface area (Å²) in [5.41, 5.74) is 4.01. The molecule has 1 fully saturated rings. The first-order chi connectivity index (χ1) is 16.5. The van der Waals surface area contributed by atoms with Crippen LogP contribution in [0.2, 0.25) is 0 Å². The minimum atomic E-state index is -0.535. The molecule has 1 aliphatic rings. The molecule has 3 aromatic rings. The zero-order chi connectivity index (χ0) is 23.9. The Morgan fingerprint density at radius 3 is 2.62 bits per heavy atom. The van der Waals surface area contributed by atoms with Crippen LogP contribution in [0.1, 0.15) is 22.3 Å². The number of hydrogen-bond donors (Lipinski definition) is 4. The zero-order valence-corrected chi connectivity index (χ0v) is 18.8. The first-order valence-electron chi connectivity index (χ1n) is 10.2. The molecule has 0 saturated carbocycles. The first-order valence-corrected chi connectivity index (χ1v) is 10.6. The third kappa shape index (κ3) is 5.63. The quantitative estimate of drug-likeness (QED) is 0.303. The van der Waals surface area contributed by atoms with Gasteiger partial charge < -0.3 is 10.6 Å². The highest BCUT2D eigenvalue weighted by Gasteiger charge is 2.32. The third-order valence-corrected chi connectivity index (χ3v) is 4.72. The molecule has 0 unspecified atom stereocenters. The van der Waals surface area contributed by atoms with E-state index in [0.717, 1.165) is 10.6 Å². The molecule has 1 saturated heterocycles. The molecule has 0 spiro atoms. The summed E-state index contributed by atoms with van der Waals surface area (Å²) in [5, 5.41) is 9.70. The largest absolute Gasteiger partial charge is 0.357 e. The number of carbonyl (C=O) groups is 2. The molecule has 3 heterocycles. The van der Waals surface area contributed by atoms with Gasteiger partial charge in [-0.05, 0) is 29.9 Å². The van der Waals surface area contributed by atoms with Crippen LogP contribution in [0.3, 0.4) is 0 Å². The van der Waals surface area contributed by atoms with Crippen molar-refractivity contribution < 1.29 is 9.59 Å². The highest BCUT2D eigenvalue weighted by Crippen LogP contribution is 2.12. The number of pyridine rings is 1. The Hall–Kier alpha value is -4.52. The molecule has 4 N–H and O–H groups in total. The van der Waals surface area contributed by atoms with E-state index in [2.05, 4.69) is 46.3 Å². The number of carbonyl (C=O) groups excluding carboxylic acids is 2. The van der Waals surface area contributed by atoms with Gasteiger partial charge in [0.1, 0.15) is 5.84 Å². The predicted molar refractivity (Wildman–Crippen MR) is 130 cm³/mol. The van der Waals surface area contributed by atoms with Gasteiger partial charge in [0, 0.05) is 26.0 Å². The summed E-state index contributed by atoms with van der Waals surface area (Å²) in [6, 6.07) is 13.0. The summed E-state index contributed by atoms with van der Waals surface area (Å²) in [4.78, 5) is 45.7. The van der Waals surface area contributed by atoms with E-state index in [1.54, 1.807) is 19.2 Å². The molecule has 12 nitrogen and oxygen atoms in total. The maximum atomic E-state index is 12.5. The highest BCUT2D eigenvalue weighted by molar-refractivity contribution is 7.80.